The number of phenols is 1. The number of phenolic OH excluding ortho intramolecular Hbond substituents is 1. The van der Waals surface area contributed by atoms with Gasteiger partial charge in [0.15, 0.2) is 0 Å². The van der Waals surface area contributed by atoms with Crippen LogP contribution >= 0.6 is 0 Å². The van der Waals surface area contributed by atoms with Crippen LogP contribution in [0.4, 0.5) is 0 Å². The van der Waals surface area contributed by atoms with Crippen LogP contribution in [0, 0.1) is 6.92 Å². The van der Waals surface area contributed by atoms with E-state index in [4.69, 9.17) is 9.15 Å². The minimum atomic E-state index is -0.619. The first kappa shape index (κ1) is 11.2. The molecule has 1 aromatic carbocycles. The molecule has 5 nitrogen and oxygen atoms in total. The van der Waals surface area contributed by atoms with Gasteiger partial charge in [0.25, 0.3) is 0 Å². The fraction of sp³-hybridized carbons (Fsp3) is 0.167. The number of carbonyl (C=O) groups is 1. The first-order valence-electron chi connectivity index (χ1n) is 4.93. The maximum Gasteiger partial charge on any atom is 0.347 e. The van der Waals surface area contributed by atoms with Crippen LogP contribution in [0.2, 0.25) is 0 Å². The molecule has 1 heterocycles. The number of hydrogen-bond acceptors (Lipinski definition) is 5. The van der Waals surface area contributed by atoms with Crippen molar-refractivity contribution >= 4 is 16.7 Å². The van der Waals surface area contributed by atoms with E-state index in [0.717, 1.165) is 0 Å². The van der Waals surface area contributed by atoms with Gasteiger partial charge in [-0.1, -0.05) is 0 Å². The number of carbonyl (C=O) groups excluding carboxylic acids is 1. The minimum absolute atomic E-state index is 0.0755. The Kier molecular flexibility index (Phi) is 2.59. The summed E-state index contributed by atoms with van der Waals surface area (Å²) in [6, 6.07) is 4.29. The van der Waals surface area contributed by atoms with E-state index >= 15 is 0 Å². The van der Waals surface area contributed by atoms with Crippen LogP contribution < -0.4 is 10.4 Å². The van der Waals surface area contributed by atoms with Gasteiger partial charge in [0, 0.05) is 13.0 Å². The molecule has 0 amide bonds. The van der Waals surface area contributed by atoms with Crippen LogP contribution in [0.3, 0.4) is 0 Å². The summed E-state index contributed by atoms with van der Waals surface area (Å²) in [5, 5.41) is 10.2. The zero-order valence-corrected chi connectivity index (χ0v) is 9.31. The lowest BCUT2D eigenvalue weighted by atomic mass is 10.1. The van der Waals surface area contributed by atoms with Gasteiger partial charge < -0.3 is 14.3 Å². The number of hydrogen-bond donors (Lipinski definition) is 1. The van der Waals surface area contributed by atoms with Gasteiger partial charge >= 0.3 is 11.6 Å². The molecule has 2 aromatic rings. The van der Waals surface area contributed by atoms with E-state index in [1.807, 2.05) is 0 Å². The average molecular weight is 234 g/mol. The number of ether oxygens (including phenoxy) is 1. The Hall–Kier alpha value is -2.30. The van der Waals surface area contributed by atoms with Crippen molar-refractivity contribution in [3.63, 3.8) is 0 Å². The third kappa shape index (κ3) is 2.13. The SMILES string of the molecule is CC(=O)Oc1cc(O)c2c(=O)oc(C)cc2c1. The quantitative estimate of drug-likeness (QED) is 0.600. The van der Waals surface area contributed by atoms with Gasteiger partial charge in [-0.2, -0.15) is 0 Å². The highest BCUT2D eigenvalue weighted by molar-refractivity contribution is 5.89. The highest BCUT2D eigenvalue weighted by Gasteiger charge is 2.10. The molecule has 1 N–H and O–H groups in total. The molecule has 0 unspecified atom stereocenters. The van der Waals surface area contributed by atoms with E-state index in [9.17, 15) is 14.7 Å². The highest BCUT2D eigenvalue weighted by atomic mass is 16.5. The van der Waals surface area contributed by atoms with Crippen molar-refractivity contribution in [1.82, 2.24) is 0 Å². The van der Waals surface area contributed by atoms with Gasteiger partial charge in [-0.05, 0) is 24.4 Å². The molecule has 17 heavy (non-hydrogen) atoms. The topological polar surface area (TPSA) is 76.7 Å². The largest absolute Gasteiger partial charge is 0.507 e. The molecule has 0 saturated carbocycles. The van der Waals surface area contributed by atoms with Gasteiger partial charge in [-0.25, -0.2) is 4.79 Å². The molecule has 2 rings (SSSR count). The molecule has 1 aromatic heterocycles. The van der Waals surface area contributed by atoms with Gasteiger partial charge in [-0.15, -0.1) is 0 Å². The summed E-state index contributed by atoms with van der Waals surface area (Å²) in [5.41, 5.74) is -0.619. The summed E-state index contributed by atoms with van der Waals surface area (Å²) in [6.45, 7) is 2.88. The van der Waals surface area contributed by atoms with Crippen molar-refractivity contribution in [2.24, 2.45) is 0 Å². The Labute approximate surface area is 96.2 Å². The van der Waals surface area contributed by atoms with Gasteiger partial charge in [-0.3, -0.25) is 4.79 Å². The molecule has 0 aliphatic carbocycles. The van der Waals surface area contributed by atoms with Crippen molar-refractivity contribution in [3.8, 4) is 11.5 Å². The number of benzene rings is 1. The van der Waals surface area contributed by atoms with E-state index in [-0.39, 0.29) is 16.9 Å². The Bertz CT molecular complexity index is 654. The molecule has 0 aliphatic rings. The highest BCUT2D eigenvalue weighted by Crippen LogP contribution is 2.28. The van der Waals surface area contributed by atoms with E-state index in [1.54, 1.807) is 13.0 Å². The second kappa shape index (κ2) is 3.93. The standard InChI is InChI=1S/C12H10O5/c1-6-3-8-4-9(17-7(2)13)5-10(14)11(8)12(15)16-6/h3-5,14H,1-2H3. The molecule has 0 spiro atoms. The van der Waals surface area contributed by atoms with Crippen molar-refractivity contribution in [2.45, 2.75) is 13.8 Å². The second-order valence-electron chi connectivity index (χ2n) is 3.64. The number of rotatable bonds is 1. The van der Waals surface area contributed by atoms with Crippen LogP contribution in [-0.2, 0) is 4.79 Å². The molecular formula is C12H10O5. The molecule has 88 valence electrons. The summed E-state index contributed by atoms with van der Waals surface area (Å²) < 4.78 is 9.72. The van der Waals surface area contributed by atoms with E-state index < -0.39 is 11.6 Å². The van der Waals surface area contributed by atoms with Crippen molar-refractivity contribution in [2.75, 3.05) is 0 Å². The molecule has 0 bridgehead atoms. The molecule has 0 atom stereocenters. The summed E-state index contributed by atoms with van der Waals surface area (Å²) in [6.07, 6.45) is 0. The van der Waals surface area contributed by atoms with Crippen LogP contribution in [0.25, 0.3) is 10.8 Å². The Balaban J connectivity index is 2.73. The van der Waals surface area contributed by atoms with Crippen LogP contribution in [0.5, 0.6) is 11.5 Å². The van der Waals surface area contributed by atoms with Gasteiger partial charge in [0.05, 0.1) is 0 Å². The Morgan fingerprint density at radius 1 is 1.35 bits per heavy atom. The average Bonchev–Trinajstić information content (AvgIpc) is 2.13. The molecule has 0 radical (unpaired) electrons. The maximum atomic E-state index is 11.5. The lowest BCUT2D eigenvalue weighted by molar-refractivity contribution is -0.131. The van der Waals surface area contributed by atoms with E-state index in [0.29, 0.717) is 11.1 Å². The summed E-state index contributed by atoms with van der Waals surface area (Å²) >= 11 is 0. The summed E-state index contributed by atoms with van der Waals surface area (Å²) in [7, 11) is 0. The van der Waals surface area contributed by atoms with Gasteiger partial charge in [0.2, 0.25) is 0 Å². The van der Waals surface area contributed by atoms with Crippen LogP contribution in [0.15, 0.2) is 27.4 Å². The van der Waals surface area contributed by atoms with Crippen molar-refractivity contribution in [1.29, 1.82) is 0 Å². The first-order chi connectivity index (χ1) is 7.97. The molecule has 0 saturated heterocycles. The predicted octanol–water partition coefficient (Wildman–Crippen LogP) is 1.73. The third-order valence-corrected chi connectivity index (χ3v) is 2.20. The molecule has 0 aliphatic heterocycles. The normalized spacial score (nSPS) is 10.5. The van der Waals surface area contributed by atoms with E-state index in [2.05, 4.69) is 0 Å². The van der Waals surface area contributed by atoms with Crippen LogP contribution in [0.1, 0.15) is 12.7 Å². The minimum Gasteiger partial charge on any atom is -0.507 e. The number of esters is 1. The Morgan fingerprint density at radius 2 is 2.06 bits per heavy atom. The second-order valence-corrected chi connectivity index (χ2v) is 3.64. The van der Waals surface area contributed by atoms with Crippen LogP contribution in [-0.4, -0.2) is 11.1 Å². The van der Waals surface area contributed by atoms with Gasteiger partial charge in [0.1, 0.15) is 22.6 Å². The maximum absolute atomic E-state index is 11.5. The predicted molar refractivity (Wildman–Crippen MR) is 60.2 cm³/mol. The fourth-order valence-corrected chi connectivity index (χ4v) is 1.63. The van der Waals surface area contributed by atoms with Crippen molar-refractivity contribution < 1.29 is 19.1 Å². The first-order valence-corrected chi connectivity index (χ1v) is 4.93. The third-order valence-electron chi connectivity index (χ3n) is 2.20. The number of aromatic hydroxyl groups is 1. The summed E-state index contributed by atoms with van der Waals surface area (Å²) in [5.74, 6) is -0.162. The smallest absolute Gasteiger partial charge is 0.347 e. The lowest BCUT2D eigenvalue weighted by Gasteiger charge is -2.05. The zero-order valence-electron chi connectivity index (χ0n) is 9.31. The lowest BCUT2D eigenvalue weighted by Crippen LogP contribution is -2.04. The van der Waals surface area contributed by atoms with E-state index in [1.165, 1.54) is 19.1 Å². The summed E-state index contributed by atoms with van der Waals surface area (Å²) in [4.78, 5) is 22.3. The van der Waals surface area contributed by atoms with Crippen molar-refractivity contribution in [3.05, 3.63) is 34.4 Å². The fourth-order valence-electron chi connectivity index (χ4n) is 1.63. The number of aryl methyl sites for hydroxylation is 1. The molecular weight excluding hydrogens is 224 g/mol. The molecule has 5 heteroatoms. The Morgan fingerprint density at radius 3 is 2.71 bits per heavy atom. The molecule has 0 fully saturated rings. The number of fused-ring (bicyclic) bond motifs is 1. The monoisotopic (exact) mass is 234 g/mol. The zero-order chi connectivity index (χ0) is 12.6.